The van der Waals surface area contributed by atoms with Crippen LogP contribution in [0.25, 0.3) is 11.1 Å². The lowest BCUT2D eigenvalue weighted by atomic mass is 9.88. The van der Waals surface area contributed by atoms with E-state index in [-0.39, 0.29) is 11.8 Å². The molecule has 0 aliphatic carbocycles. The highest BCUT2D eigenvalue weighted by Gasteiger charge is 2.18. The lowest BCUT2D eigenvalue weighted by Crippen LogP contribution is -2.16. The van der Waals surface area contributed by atoms with E-state index in [4.69, 9.17) is 4.42 Å². The first-order valence-electron chi connectivity index (χ1n) is 8.72. The maximum Gasteiger partial charge on any atom is 0.417 e. The highest BCUT2D eigenvalue weighted by molar-refractivity contribution is 5.93. The highest BCUT2D eigenvalue weighted by atomic mass is 16.4. The number of amides is 1. The van der Waals surface area contributed by atoms with Crippen LogP contribution in [0, 0.1) is 0 Å². The van der Waals surface area contributed by atoms with Crippen molar-refractivity contribution in [3.8, 4) is 0 Å². The van der Waals surface area contributed by atoms with E-state index in [2.05, 4.69) is 10.3 Å². The number of nitrogens with one attached hydrogen (secondary N) is 2. The molecule has 1 aromatic heterocycles. The number of aromatic amines is 1. The summed E-state index contributed by atoms with van der Waals surface area (Å²) in [5.74, 6) is -0.659. The number of carbonyl (C=O) groups excluding carboxylic acids is 1. The molecule has 3 aromatic carbocycles. The Labute approximate surface area is 155 Å². The number of anilines is 1. The van der Waals surface area contributed by atoms with Crippen LogP contribution >= 0.6 is 0 Å². The number of oxazole rings is 1. The second-order valence-electron chi connectivity index (χ2n) is 6.35. The van der Waals surface area contributed by atoms with Gasteiger partial charge in [0, 0.05) is 24.1 Å². The quantitative estimate of drug-likeness (QED) is 0.559. The average Bonchev–Trinajstić information content (AvgIpc) is 3.07. The molecule has 0 spiro atoms. The summed E-state index contributed by atoms with van der Waals surface area (Å²) in [5, 5.41) is 2.90. The van der Waals surface area contributed by atoms with E-state index < -0.39 is 5.76 Å². The highest BCUT2D eigenvalue weighted by Crippen LogP contribution is 2.28. The maximum atomic E-state index is 12.7. The van der Waals surface area contributed by atoms with Gasteiger partial charge in [-0.2, -0.15) is 0 Å². The third kappa shape index (κ3) is 3.82. The Morgan fingerprint density at radius 3 is 2.19 bits per heavy atom. The van der Waals surface area contributed by atoms with E-state index in [0.717, 1.165) is 11.1 Å². The first-order chi connectivity index (χ1) is 13.2. The molecule has 5 heteroatoms. The van der Waals surface area contributed by atoms with Gasteiger partial charge in [0.2, 0.25) is 5.91 Å². The maximum absolute atomic E-state index is 12.7. The molecule has 134 valence electrons. The van der Waals surface area contributed by atoms with Gasteiger partial charge in [-0.15, -0.1) is 0 Å². The molecular formula is C22H18N2O3. The number of aromatic nitrogens is 1. The monoisotopic (exact) mass is 358 g/mol. The first kappa shape index (κ1) is 16.8. The van der Waals surface area contributed by atoms with Crippen molar-refractivity contribution in [1.29, 1.82) is 0 Å². The van der Waals surface area contributed by atoms with Crippen LogP contribution in [0.5, 0.6) is 0 Å². The van der Waals surface area contributed by atoms with Crippen molar-refractivity contribution in [3.63, 3.8) is 0 Å². The molecular weight excluding hydrogens is 340 g/mol. The molecule has 0 aliphatic rings. The van der Waals surface area contributed by atoms with Crippen LogP contribution in [0.1, 0.15) is 23.5 Å². The van der Waals surface area contributed by atoms with Crippen LogP contribution in [0.2, 0.25) is 0 Å². The van der Waals surface area contributed by atoms with E-state index in [1.807, 2.05) is 60.7 Å². The topological polar surface area (TPSA) is 75.1 Å². The SMILES string of the molecule is O=C(CC(c1ccccc1)c1ccccc1)Nc1ccc2[nH]c(=O)oc2c1. The van der Waals surface area contributed by atoms with Crippen LogP contribution in [0.3, 0.4) is 0 Å². The van der Waals surface area contributed by atoms with E-state index in [1.54, 1.807) is 18.2 Å². The van der Waals surface area contributed by atoms with Crippen molar-refractivity contribution < 1.29 is 9.21 Å². The van der Waals surface area contributed by atoms with Crippen molar-refractivity contribution >= 4 is 22.7 Å². The zero-order chi connectivity index (χ0) is 18.6. The number of rotatable bonds is 5. The number of fused-ring (bicyclic) bond motifs is 1. The molecule has 0 fully saturated rings. The molecule has 4 aromatic rings. The molecule has 0 radical (unpaired) electrons. The smallest absolute Gasteiger partial charge is 0.408 e. The molecule has 4 rings (SSSR count). The fraction of sp³-hybridized carbons (Fsp3) is 0.0909. The molecule has 2 N–H and O–H groups in total. The first-order valence-corrected chi connectivity index (χ1v) is 8.72. The Bertz CT molecular complexity index is 1070. The van der Waals surface area contributed by atoms with Crippen LogP contribution in [0.4, 0.5) is 5.69 Å². The van der Waals surface area contributed by atoms with Crippen molar-refractivity contribution in [1.82, 2.24) is 4.98 Å². The largest absolute Gasteiger partial charge is 0.417 e. The minimum absolute atomic E-state index is 0.0404. The average molecular weight is 358 g/mol. The molecule has 0 bridgehead atoms. The second kappa shape index (κ2) is 7.33. The standard InChI is InChI=1S/C22H18N2O3/c25-21(23-17-11-12-19-20(13-17)27-22(26)24-19)14-18(15-7-3-1-4-8-15)16-9-5-2-6-10-16/h1-13,18H,14H2,(H,23,25)(H,24,26). The van der Waals surface area contributed by atoms with Crippen LogP contribution < -0.4 is 11.1 Å². The fourth-order valence-electron chi connectivity index (χ4n) is 3.22. The summed E-state index contributed by atoms with van der Waals surface area (Å²) in [4.78, 5) is 26.6. The Morgan fingerprint density at radius 2 is 1.56 bits per heavy atom. The molecule has 1 heterocycles. The van der Waals surface area contributed by atoms with Gasteiger partial charge in [0.25, 0.3) is 0 Å². The summed E-state index contributed by atoms with van der Waals surface area (Å²) in [5.41, 5.74) is 3.79. The van der Waals surface area contributed by atoms with Gasteiger partial charge in [-0.1, -0.05) is 60.7 Å². The fourth-order valence-corrected chi connectivity index (χ4v) is 3.22. The van der Waals surface area contributed by atoms with Gasteiger partial charge >= 0.3 is 5.76 Å². The Balaban J connectivity index is 1.56. The van der Waals surface area contributed by atoms with E-state index in [9.17, 15) is 9.59 Å². The summed E-state index contributed by atoms with van der Waals surface area (Å²) in [7, 11) is 0. The summed E-state index contributed by atoms with van der Waals surface area (Å²) in [6.07, 6.45) is 0.309. The molecule has 27 heavy (non-hydrogen) atoms. The van der Waals surface area contributed by atoms with Crippen LogP contribution in [-0.4, -0.2) is 10.9 Å². The Morgan fingerprint density at radius 1 is 0.926 bits per heavy atom. The summed E-state index contributed by atoms with van der Waals surface area (Å²) < 4.78 is 5.05. The van der Waals surface area contributed by atoms with Gasteiger partial charge in [-0.05, 0) is 23.3 Å². The summed E-state index contributed by atoms with van der Waals surface area (Å²) >= 11 is 0. The zero-order valence-corrected chi connectivity index (χ0v) is 14.5. The van der Waals surface area contributed by atoms with Gasteiger partial charge in [0.1, 0.15) is 0 Å². The van der Waals surface area contributed by atoms with E-state index >= 15 is 0 Å². The van der Waals surface area contributed by atoms with Gasteiger partial charge < -0.3 is 9.73 Å². The minimum Gasteiger partial charge on any atom is -0.408 e. The third-order valence-electron chi connectivity index (χ3n) is 4.50. The normalized spacial score (nSPS) is 11.0. The van der Waals surface area contributed by atoms with Crippen LogP contribution in [0.15, 0.2) is 88.1 Å². The molecule has 0 aliphatic heterocycles. The second-order valence-corrected chi connectivity index (χ2v) is 6.35. The molecule has 0 unspecified atom stereocenters. The van der Waals surface area contributed by atoms with Crippen molar-refractivity contribution in [2.45, 2.75) is 12.3 Å². The molecule has 1 amide bonds. The lowest BCUT2D eigenvalue weighted by Gasteiger charge is -2.18. The number of carbonyl (C=O) groups is 1. The summed E-state index contributed by atoms with van der Waals surface area (Å²) in [6, 6.07) is 25.1. The zero-order valence-electron chi connectivity index (χ0n) is 14.5. The van der Waals surface area contributed by atoms with Gasteiger partial charge in [-0.25, -0.2) is 4.79 Å². The van der Waals surface area contributed by atoms with Crippen LogP contribution in [-0.2, 0) is 4.79 Å². The molecule has 0 saturated heterocycles. The molecule has 0 saturated carbocycles. The number of hydrogen-bond acceptors (Lipinski definition) is 3. The third-order valence-corrected chi connectivity index (χ3v) is 4.50. The van der Waals surface area contributed by atoms with Gasteiger partial charge in [0.05, 0.1) is 5.52 Å². The lowest BCUT2D eigenvalue weighted by molar-refractivity contribution is -0.116. The van der Waals surface area contributed by atoms with Crippen molar-refractivity contribution in [3.05, 3.63) is 101 Å². The Hall–Kier alpha value is -3.60. The predicted molar refractivity (Wildman–Crippen MR) is 105 cm³/mol. The Kier molecular flexibility index (Phi) is 4.58. The van der Waals surface area contributed by atoms with E-state index in [0.29, 0.717) is 23.2 Å². The van der Waals surface area contributed by atoms with E-state index in [1.165, 1.54) is 0 Å². The molecule has 0 atom stereocenters. The predicted octanol–water partition coefficient (Wildman–Crippen LogP) is 4.28. The number of benzene rings is 3. The van der Waals surface area contributed by atoms with Crippen molar-refractivity contribution in [2.75, 3.05) is 5.32 Å². The minimum atomic E-state index is -0.512. The van der Waals surface area contributed by atoms with Gasteiger partial charge in [0.15, 0.2) is 5.58 Å². The van der Waals surface area contributed by atoms with Gasteiger partial charge in [-0.3, -0.25) is 9.78 Å². The summed E-state index contributed by atoms with van der Waals surface area (Å²) in [6.45, 7) is 0. The number of H-pyrrole nitrogens is 1. The number of hydrogen-bond donors (Lipinski definition) is 2. The molecule has 5 nitrogen and oxygen atoms in total. The van der Waals surface area contributed by atoms with Crippen molar-refractivity contribution in [2.24, 2.45) is 0 Å².